The van der Waals surface area contributed by atoms with Gasteiger partial charge in [0, 0.05) is 26.1 Å². The SMILES string of the molecule is Cc1ccc([C@@H](CNC(=O)N2CCC[C@H](CC(N)=O)C2)N(C)C)cc1. The van der Waals surface area contributed by atoms with Gasteiger partial charge in [-0.3, -0.25) is 4.79 Å². The van der Waals surface area contributed by atoms with Gasteiger partial charge in [0.2, 0.25) is 5.91 Å². The third kappa shape index (κ3) is 5.74. The lowest BCUT2D eigenvalue weighted by atomic mass is 9.95. The highest BCUT2D eigenvalue weighted by Gasteiger charge is 2.25. The number of piperidine rings is 1. The molecule has 25 heavy (non-hydrogen) atoms. The van der Waals surface area contributed by atoms with Crippen LogP contribution in [0.3, 0.4) is 0 Å². The lowest BCUT2D eigenvalue weighted by Gasteiger charge is -2.33. The third-order valence-electron chi connectivity index (χ3n) is 4.83. The van der Waals surface area contributed by atoms with E-state index in [0.29, 0.717) is 19.5 Å². The Labute approximate surface area is 150 Å². The van der Waals surface area contributed by atoms with Gasteiger partial charge in [0.05, 0.1) is 6.04 Å². The molecule has 1 aromatic carbocycles. The van der Waals surface area contributed by atoms with E-state index in [1.54, 1.807) is 4.90 Å². The molecule has 1 fully saturated rings. The van der Waals surface area contributed by atoms with Crippen molar-refractivity contribution in [3.8, 4) is 0 Å². The largest absolute Gasteiger partial charge is 0.370 e. The topological polar surface area (TPSA) is 78.7 Å². The van der Waals surface area contributed by atoms with Gasteiger partial charge in [0.15, 0.2) is 0 Å². The van der Waals surface area contributed by atoms with Gasteiger partial charge in [-0.25, -0.2) is 4.79 Å². The zero-order valence-electron chi connectivity index (χ0n) is 15.5. The van der Waals surface area contributed by atoms with Crippen LogP contribution < -0.4 is 11.1 Å². The zero-order chi connectivity index (χ0) is 18.4. The Hall–Kier alpha value is -2.08. The Kier molecular flexibility index (Phi) is 6.82. The van der Waals surface area contributed by atoms with Crippen LogP contribution in [0.4, 0.5) is 4.79 Å². The second-order valence-electron chi connectivity index (χ2n) is 7.20. The first-order valence-corrected chi connectivity index (χ1v) is 8.91. The average Bonchev–Trinajstić information content (AvgIpc) is 2.56. The molecule has 0 saturated carbocycles. The number of rotatable bonds is 6. The first-order valence-electron chi connectivity index (χ1n) is 8.91. The van der Waals surface area contributed by atoms with Crippen molar-refractivity contribution in [2.45, 2.75) is 32.2 Å². The fourth-order valence-corrected chi connectivity index (χ4v) is 3.38. The molecule has 0 spiro atoms. The Bertz CT molecular complexity index is 586. The van der Waals surface area contributed by atoms with Gasteiger partial charge < -0.3 is 20.9 Å². The van der Waals surface area contributed by atoms with E-state index in [2.05, 4.69) is 41.4 Å². The summed E-state index contributed by atoms with van der Waals surface area (Å²) in [6, 6.07) is 8.45. The molecule has 2 rings (SSSR count). The van der Waals surface area contributed by atoms with E-state index < -0.39 is 0 Å². The van der Waals surface area contributed by atoms with Gasteiger partial charge in [-0.05, 0) is 45.3 Å². The molecule has 1 aliphatic heterocycles. The van der Waals surface area contributed by atoms with Crippen LogP contribution >= 0.6 is 0 Å². The third-order valence-corrected chi connectivity index (χ3v) is 4.83. The maximum Gasteiger partial charge on any atom is 0.317 e. The monoisotopic (exact) mass is 346 g/mol. The molecule has 1 saturated heterocycles. The zero-order valence-corrected chi connectivity index (χ0v) is 15.5. The summed E-state index contributed by atoms with van der Waals surface area (Å²) in [5.74, 6) is -0.113. The molecule has 0 unspecified atom stereocenters. The Balaban J connectivity index is 1.92. The Morgan fingerprint density at radius 3 is 2.60 bits per heavy atom. The maximum absolute atomic E-state index is 12.5. The van der Waals surface area contributed by atoms with Gasteiger partial charge in [-0.2, -0.15) is 0 Å². The van der Waals surface area contributed by atoms with Crippen LogP contribution in [0.1, 0.15) is 36.4 Å². The molecule has 6 nitrogen and oxygen atoms in total. The predicted octanol–water partition coefficient (Wildman–Crippen LogP) is 1.89. The maximum atomic E-state index is 12.5. The number of aryl methyl sites for hydroxylation is 1. The number of nitrogens with zero attached hydrogens (tertiary/aromatic N) is 2. The number of hydrogen-bond acceptors (Lipinski definition) is 3. The lowest BCUT2D eigenvalue weighted by molar-refractivity contribution is -0.119. The number of hydrogen-bond donors (Lipinski definition) is 2. The van der Waals surface area contributed by atoms with Crippen molar-refractivity contribution < 1.29 is 9.59 Å². The van der Waals surface area contributed by atoms with Gasteiger partial charge in [0.1, 0.15) is 0 Å². The predicted molar refractivity (Wildman–Crippen MR) is 99.1 cm³/mol. The van der Waals surface area contributed by atoms with Gasteiger partial charge >= 0.3 is 6.03 Å². The van der Waals surface area contributed by atoms with Crippen molar-refractivity contribution in [3.63, 3.8) is 0 Å². The van der Waals surface area contributed by atoms with Crippen molar-refractivity contribution in [1.29, 1.82) is 0 Å². The molecular weight excluding hydrogens is 316 g/mol. The quantitative estimate of drug-likeness (QED) is 0.826. The number of amides is 3. The molecule has 0 radical (unpaired) electrons. The first kappa shape index (κ1) is 19.2. The fraction of sp³-hybridized carbons (Fsp3) is 0.579. The van der Waals surface area contributed by atoms with E-state index in [9.17, 15) is 9.59 Å². The number of likely N-dealkylation sites (tertiary alicyclic amines) is 1. The van der Waals surface area contributed by atoms with Crippen molar-refractivity contribution in [2.75, 3.05) is 33.7 Å². The smallest absolute Gasteiger partial charge is 0.317 e. The van der Waals surface area contributed by atoms with Crippen molar-refractivity contribution in [3.05, 3.63) is 35.4 Å². The van der Waals surface area contributed by atoms with Crippen molar-refractivity contribution >= 4 is 11.9 Å². The molecule has 3 amide bonds. The number of nitrogens with two attached hydrogens (primary N) is 1. The van der Waals surface area contributed by atoms with Crippen LogP contribution in [0.25, 0.3) is 0 Å². The molecule has 1 aromatic rings. The molecule has 3 N–H and O–H groups in total. The standard InChI is InChI=1S/C19H30N4O2/c1-14-6-8-16(9-7-14)17(22(2)3)12-21-19(25)23-10-4-5-15(13-23)11-18(20)24/h6-9,15,17H,4-5,10-13H2,1-3H3,(H2,20,24)(H,21,25)/t15-,17-/m1/s1. The number of carbonyl (C=O) groups is 2. The molecule has 138 valence electrons. The summed E-state index contributed by atoms with van der Waals surface area (Å²) in [7, 11) is 4.03. The summed E-state index contributed by atoms with van der Waals surface area (Å²) >= 11 is 0. The number of benzene rings is 1. The van der Waals surface area contributed by atoms with Crippen molar-refractivity contribution in [1.82, 2.24) is 15.1 Å². The summed E-state index contributed by atoms with van der Waals surface area (Å²) < 4.78 is 0. The van der Waals surface area contributed by atoms with Crippen LogP contribution in [0.2, 0.25) is 0 Å². The Morgan fingerprint density at radius 2 is 2.00 bits per heavy atom. The number of primary amides is 1. The molecule has 1 heterocycles. The minimum atomic E-state index is -0.292. The van der Waals surface area contributed by atoms with Crippen LogP contribution in [0, 0.1) is 12.8 Å². The van der Waals surface area contributed by atoms with Crippen LogP contribution in [0.5, 0.6) is 0 Å². The minimum absolute atomic E-state index is 0.0619. The molecule has 0 aromatic heterocycles. The second kappa shape index (κ2) is 8.85. The first-order chi connectivity index (χ1) is 11.9. The van der Waals surface area contributed by atoms with Gasteiger partial charge in [-0.1, -0.05) is 29.8 Å². The fourth-order valence-electron chi connectivity index (χ4n) is 3.38. The number of carbonyl (C=O) groups excluding carboxylic acids is 2. The van der Waals surface area contributed by atoms with Crippen molar-refractivity contribution in [2.24, 2.45) is 11.7 Å². The number of nitrogens with one attached hydrogen (secondary N) is 1. The summed E-state index contributed by atoms with van der Waals surface area (Å²) in [6.45, 7) is 3.95. The van der Waals surface area contributed by atoms with Crippen LogP contribution in [-0.2, 0) is 4.79 Å². The van der Waals surface area contributed by atoms with Gasteiger partial charge in [-0.15, -0.1) is 0 Å². The molecule has 2 atom stereocenters. The lowest BCUT2D eigenvalue weighted by Crippen LogP contribution is -2.47. The highest BCUT2D eigenvalue weighted by atomic mass is 16.2. The van der Waals surface area contributed by atoms with E-state index in [0.717, 1.165) is 19.4 Å². The van der Waals surface area contributed by atoms with E-state index >= 15 is 0 Å². The summed E-state index contributed by atoms with van der Waals surface area (Å²) in [5.41, 5.74) is 7.69. The van der Waals surface area contributed by atoms with E-state index in [4.69, 9.17) is 5.73 Å². The minimum Gasteiger partial charge on any atom is -0.370 e. The molecule has 0 bridgehead atoms. The van der Waals surface area contributed by atoms with E-state index in [-0.39, 0.29) is 23.9 Å². The summed E-state index contributed by atoms with van der Waals surface area (Å²) in [5, 5.41) is 3.05. The second-order valence-corrected chi connectivity index (χ2v) is 7.20. The molecule has 1 aliphatic rings. The van der Waals surface area contributed by atoms with E-state index in [1.807, 2.05) is 14.1 Å². The molecule has 6 heteroatoms. The normalized spacial score (nSPS) is 18.9. The molecule has 0 aliphatic carbocycles. The summed E-state index contributed by atoms with van der Waals surface area (Å²) in [6.07, 6.45) is 2.23. The highest BCUT2D eigenvalue weighted by Crippen LogP contribution is 2.20. The highest BCUT2D eigenvalue weighted by molar-refractivity contribution is 5.75. The Morgan fingerprint density at radius 1 is 1.32 bits per heavy atom. The summed E-state index contributed by atoms with van der Waals surface area (Å²) in [4.78, 5) is 27.5. The van der Waals surface area contributed by atoms with Crippen LogP contribution in [-0.4, -0.2) is 55.5 Å². The van der Waals surface area contributed by atoms with Crippen LogP contribution in [0.15, 0.2) is 24.3 Å². The van der Waals surface area contributed by atoms with Gasteiger partial charge in [0.25, 0.3) is 0 Å². The van der Waals surface area contributed by atoms with E-state index in [1.165, 1.54) is 11.1 Å². The number of likely N-dealkylation sites (N-methyl/N-ethyl adjacent to an activating group) is 1. The number of urea groups is 1. The molecular formula is C19H30N4O2. The average molecular weight is 346 g/mol.